The van der Waals surface area contributed by atoms with Gasteiger partial charge in [-0.15, -0.1) is 0 Å². The summed E-state index contributed by atoms with van der Waals surface area (Å²) in [4.78, 5) is 17.1. The Kier molecular flexibility index (Phi) is 4.42. The molecule has 4 aromatic heterocycles. The van der Waals surface area contributed by atoms with E-state index in [4.69, 9.17) is 0 Å². The molecule has 4 aromatic rings. The van der Waals surface area contributed by atoms with Gasteiger partial charge < -0.3 is 5.32 Å². The van der Waals surface area contributed by atoms with Crippen molar-refractivity contribution >= 4 is 11.6 Å². The number of rotatable bonds is 5. The molecule has 0 bridgehead atoms. The van der Waals surface area contributed by atoms with Gasteiger partial charge >= 0.3 is 0 Å². The Labute approximate surface area is 162 Å². The van der Waals surface area contributed by atoms with E-state index in [1.54, 1.807) is 27.7 Å². The number of aryl methyl sites for hydroxylation is 2. The van der Waals surface area contributed by atoms with Crippen LogP contribution in [0, 0.1) is 6.92 Å². The number of carbonyl (C=O) groups excluding carboxylic acids is 1. The maximum atomic E-state index is 12.7. The molecule has 9 heteroatoms. The van der Waals surface area contributed by atoms with Gasteiger partial charge in [0.2, 0.25) is 0 Å². The average Bonchev–Trinajstić information content (AvgIpc) is 3.41. The van der Waals surface area contributed by atoms with Gasteiger partial charge in [-0.1, -0.05) is 0 Å². The van der Waals surface area contributed by atoms with E-state index in [1.165, 1.54) is 0 Å². The van der Waals surface area contributed by atoms with Crippen molar-refractivity contribution in [3.8, 4) is 11.3 Å². The predicted molar refractivity (Wildman–Crippen MR) is 104 cm³/mol. The van der Waals surface area contributed by atoms with Gasteiger partial charge in [-0.25, -0.2) is 9.50 Å². The van der Waals surface area contributed by atoms with E-state index in [0.717, 1.165) is 29.2 Å². The maximum absolute atomic E-state index is 12.7. The molecule has 28 heavy (non-hydrogen) atoms. The van der Waals surface area contributed by atoms with Crippen LogP contribution in [0.2, 0.25) is 0 Å². The highest BCUT2D eigenvalue weighted by Crippen LogP contribution is 2.23. The van der Waals surface area contributed by atoms with Crippen molar-refractivity contribution in [2.24, 2.45) is 7.05 Å². The standard InChI is InChI=1S/C19H22N8O/c1-5-26-9-7-15(23-26)12(2)22-19(28)16-10-18-20-8-6-17(27(18)24-16)14-11-21-25(4)13(14)3/h6-12H,5H2,1-4H3,(H,22,28). The fraction of sp³-hybridized carbons (Fsp3) is 0.316. The van der Waals surface area contributed by atoms with Crippen molar-refractivity contribution in [2.75, 3.05) is 0 Å². The number of fused-ring (bicyclic) bond motifs is 1. The third-order valence-corrected chi connectivity index (χ3v) is 4.88. The molecule has 0 aromatic carbocycles. The van der Waals surface area contributed by atoms with Crippen LogP contribution in [0.3, 0.4) is 0 Å². The summed E-state index contributed by atoms with van der Waals surface area (Å²) in [6.45, 7) is 6.70. The zero-order valence-electron chi connectivity index (χ0n) is 16.3. The van der Waals surface area contributed by atoms with Crippen LogP contribution in [0.1, 0.15) is 41.8 Å². The molecule has 0 fully saturated rings. The van der Waals surface area contributed by atoms with Crippen molar-refractivity contribution in [3.63, 3.8) is 0 Å². The minimum absolute atomic E-state index is 0.224. The van der Waals surface area contributed by atoms with Gasteiger partial charge in [0.15, 0.2) is 11.3 Å². The van der Waals surface area contributed by atoms with Crippen LogP contribution < -0.4 is 5.32 Å². The van der Waals surface area contributed by atoms with E-state index in [1.807, 2.05) is 50.8 Å². The molecule has 1 atom stereocenters. The quantitative estimate of drug-likeness (QED) is 0.574. The van der Waals surface area contributed by atoms with Crippen molar-refractivity contribution in [1.29, 1.82) is 0 Å². The molecule has 0 aliphatic rings. The van der Waals surface area contributed by atoms with Crippen LogP contribution >= 0.6 is 0 Å². The van der Waals surface area contributed by atoms with E-state index in [-0.39, 0.29) is 11.9 Å². The normalized spacial score (nSPS) is 12.4. The van der Waals surface area contributed by atoms with Crippen LogP contribution in [-0.2, 0) is 13.6 Å². The molecule has 4 heterocycles. The molecule has 0 spiro atoms. The van der Waals surface area contributed by atoms with Gasteiger partial charge in [-0.05, 0) is 32.9 Å². The lowest BCUT2D eigenvalue weighted by molar-refractivity contribution is 0.0933. The number of aromatic nitrogens is 7. The summed E-state index contributed by atoms with van der Waals surface area (Å²) in [7, 11) is 1.89. The molecule has 0 saturated heterocycles. The maximum Gasteiger partial charge on any atom is 0.272 e. The highest BCUT2D eigenvalue weighted by atomic mass is 16.2. The van der Waals surface area contributed by atoms with Crippen LogP contribution in [0.5, 0.6) is 0 Å². The van der Waals surface area contributed by atoms with Gasteiger partial charge in [0.1, 0.15) is 0 Å². The zero-order valence-corrected chi connectivity index (χ0v) is 16.3. The van der Waals surface area contributed by atoms with Crippen LogP contribution in [0.25, 0.3) is 16.9 Å². The number of hydrogen-bond acceptors (Lipinski definition) is 5. The first-order valence-corrected chi connectivity index (χ1v) is 9.16. The molecule has 144 valence electrons. The Bertz CT molecular complexity index is 1150. The van der Waals surface area contributed by atoms with Crippen LogP contribution in [-0.4, -0.2) is 40.1 Å². The number of hydrogen-bond donors (Lipinski definition) is 1. The monoisotopic (exact) mass is 378 g/mol. The summed E-state index contributed by atoms with van der Waals surface area (Å²) in [5, 5.41) is 16.2. The Morgan fingerprint density at radius 3 is 2.79 bits per heavy atom. The van der Waals surface area contributed by atoms with Crippen molar-refractivity contribution < 1.29 is 4.79 Å². The first-order chi connectivity index (χ1) is 13.5. The lowest BCUT2D eigenvalue weighted by atomic mass is 10.2. The summed E-state index contributed by atoms with van der Waals surface area (Å²) in [5.74, 6) is -0.266. The van der Waals surface area contributed by atoms with Crippen LogP contribution in [0.15, 0.2) is 36.8 Å². The third-order valence-electron chi connectivity index (χ3n) is 4.88. The molecule has 4 rings (SSSR count). The summed E-state index contributed by atoms with van der Waals surface area (Å²) in [6.07, 6.45) is 5.40. The lowest BCUT2D eigenvalue weighted by Crippen LogP contribution is -2.27. The predicted octanol–water partition coefficient (Wildman–Crippen LogP) is 2.15. The molecule has 0 aliphatic heterocycles. The second-order valence-corrected chi connectivity index (χ2v) is 6.69. The van der Waals surface area contributed by atoms with E-state index in [0.29, 0.717) is 11.3 Å². The summed E-state index contributed by atoms with van der Waals surface area (Å²) < 4.78 is 5.31. The van der Waals surface area contributed by atoms with Crippen molar-refractivity contribution in [1.82, 2.24) is 39.5 Å². The van der Waals surface area contributed by atoms with E-state index < -0.39 is 0 Å². The molecular formula is C19H22N8O. The molecule has 1 unspecified atom stereocenters. The lowest BCUT2D eigenvalue weighted by Gasteiger charge is -2.10. The van der Waals surface area contributed by atoms with Crippen LogP contribution in [0.4, 0.5) is 0 Å². The van der Waals surface area contributed by atoms with Gasteiger partial charge in [-0.3, -0.25) is 14.2 Å². The molecule has 1 N–H and O–H groups in total. The Hall–Kier alpha value is -3.49. The number of carbonyl (C=O) groups is 1. The molecule has 0 saturated carbocycles. The first kappa shape index (κ1) is 17.9. The second kappa shape index (κ2) is 6.91. The smallest absolute Gasteiger partial charge is 0.272 e. The fourth-order valence-corrected chi connectivity index (χ4v) is 3.09. The minimum atomic E-state index is -0.266. The molecule has 0 aliphatic carbocycles. The molecule has 0 radical (unpaired) electrons. The number of nitrogens with zero attached hydrogens (tertiary/aromatic N) is 7. The molecule has 9 nitrogen and oxygen atoms in total. The van der Waals surface area contributed by atoms with Gasteiger partial charge in [0.25, 0.3) is 5.91 Å². The SMILES string of the molecule is CCn1ccc(C(C)NC(=O)c2cc3nccc(-c4cnn(C)c4C)n3n2)n1. The third kappa shape index (κ3) is 3.04. The number of amides is 1. The van der Waals surface area contributed by atoms with Gasteiger partial charge in [0, 0.05) is 43.3 Å². The van der Waals surface area contributed by atoms with E-state index in [2.05, 4.69) is 25.6 Å². The largest absolute Gasteiger partial charge is 0.342 e. The Morgan fingerprint density at radius 1 is 1.29 bits per heavy atom. The fourth-order valence-electron chi connectivity index (χ4n) is 3.09. The number of nitrogens with one attached hydrogen (secondary N) is 1. The highest BCUT2D eigenvalue weighted by Gasteiger charge is 2.19. The Balaban J connectivity index is 1.63. The zero-order chi connectivity index (χ0) is 19.8. The second-order valence-electron chi connectivity index (χ2n) is 6.69. The van der Waals surface area contributed by atoms with Gasteiger partial charge in [-0.2, -0.15) is 15.3 Å². The molecular weight excluding hydrogens is 356 g/mol. The van der Waals surface area contributed by atoms with Crippen molar-refractivity contribution in [2.45, 2.75) is 33.4 Å². The Morgan fingerprint density at radius 2 is 2.11 bits per heavy atom. The van der Waals surface area contributed by atoms with E-state index >= 15 is 0 Å². The minimum Gasteiger partial charge on any atom is -0.342 e. The highest BCUT2D eigenvalue weighted by molar-refractivity contribution is 5.93. The summed E-state index contributed by atoms with van der Waals surface area (Å²) in [6, 6.07) is 5.23. The van der Waals surface area contributed by atoms with Gasteiger partial charge in [0.05, 0.1) is 23.6 Å². The summed E-state index contributed by atoms with van der Waals surface area (Å²) in [5.41, 5.74) is 4.52. The van der Waals surface area contributed by atoms with E-state index in [9.17, 15) is 4.79 Å². The topological polar surface area (TPSA) is 94.9 Å². The van der Waals surface area contributed by atoms with Crippen molar-refractivity contribution in [3.05, 3.63) is 53.9 Å². The summed E-state index contributed by atoms with van der Waals surface area (Å²) >= 11 is 0. The first-order valence-electron chi connectivity index (χ1n) is 9.16. The average molecular weight is 378 g/mol. The molecule has 1 amide bonds.